The third-order valence-electron chi connectivity index (χ3n) is 5.22. The van der Waals surface area contributed by atoms with Crippen molar-refractivity contribution in [3.63, 3.8) is 0 Å². The predicted molar refractivity (Wildman–Crippen MR) is 109 cm³/mol. The number of fused-ring (bicyclic) bond motifs is 1. The first-order chi connectivity index (χ1) is 13.9. The number of H-pyrrole nitrogens is 1. The molecule has 0 atom stereocenters. The van der Waals surface area contributed by atoms with E-state index in [0.717, 1.165) is 11.4 Å². The van der Waals surface area contributed by atoms with Crippen molar-refractivity contribution in [2.45, 2.75) is 18.2 Å². The van der Waals surface area contributed by atoms with Crippen LogP contribution in [0.25, 0.3) is 5.52 Å². The van der Waals surface area contributed by atoms with Gasteiger partial charge in [0.2, 0.25) is 10.0 Å². The molecule has 154 valence electrons. The Morgan fingerprint density at radius 3 is 2.45 bits per heavy atom. The number of hydrogen-bond donors (Lipinski definition) is 1. The second-order valence-corrected chi connectivity index (χ2v) is 8.78. The minimum atomic E-state index is -3.70. The number of benzene rings is 1. The van der Waals surface area contributed by atoms with Gasteiger partial charge in [0.1, 0.15) is 22.0 Å². The molecule has 0 radical (unpaired) electrons. The summed E-state index contributed by atoms with van der Waals surface area (Å²) < 4.78 is 34.5. The van der Waals surface area contributed by atoms with Crippen LogP contribution in [0.15, 0.2) is 46.2 Å². The molecule has 1 N–H and O–H groups in total. The Balaban J connectivity index is 1.55. The van der Waals surface area contributed by atoms with Crippen molar-refractivity contribution in [3.05, 3.63) is 52.7 Å². The number of rotatable bonds is 5. The number of aryl methyl sites for hydroxylation is 1. The molecule has 1 aliphatic rings. The Morgan fingerprint density at radius 2 is 1.83 bits per heavy atom. The van der Waals surface area contributed by atoms with Gasteiger partial charge in [0.05, 0.1) is 7.11 Å². The van der Waals surface area contributed by atoms with Gasteiger partial charge >= 0.3 is 0 Å². The molecular formula is C19H23N5O4S. The molecule has 0 aliphatic carbocycles. The molecule has 3 aromatic rings. The number of methoxy groups -OCH3 is 1. The molecule has 1 fully saturated rings. The summed E-state index contributed by atoms with van der Waals surface area (Å²) in [7, 11) is -2.07. The van der Waals surface area contributed by atoms with Crippen molar-refractivity contribution in [1.29, 1.82) is 0 Å². The number of sulfonamides is 1. The third kappa shape index (κ3) is 3.49. The second-order valence-electron chi connectivity index (χ2n) is 6.84. The molecule has 0 spiro atoms. The van der Waals surface area contributed by atoms with Gasteiger partial charge in [-0.05, 0) is 30.3 Å². The van der Waals surface area contributed by atoms with Crippen LogP contribution >= 0.6 is 0 Å². The lowest BCUT2D eigenvalue weighted by molar-refractivity contribution is 0.384. The zero-order chi connectivity index (χ0) is 20.6. The lowest BCUT2D eigenvalue weighted by atomic mass is 10.2. The number of piperazine rings is 1. The Bertz CT molecular complexity index is 1180. The van der Waals surface area contributed by atoms with Crippen molar-refractivity contribution < 1.29 is 13.2 Å². The summed E-state index contributed by atoms with van der Waals surface area (Å²) in [5, 5.41) is 6.41. The van der Waals surface area contributed by atoms with E-state index in [2.05, 4.69) is 15.1 Å². The minimum Gasteiger partial charge on any atom is -0.497 e. The van der Waals surface area contributed by atoms with Crippen molar-refractivity contribution in [1.82, 2.24) is 18.9 Å². The van der Waals surface area contributed by atoms with Gasteiger partial charge in [-0.15, -0.1) is 0 Å². The van der Waals surface area contributed by atoms with Gasteiger partial charge in [-0.3, -0.25) is 9.20 Å². The van der Waals surface area contributed by atoms with Crippen LogP contribution in [0, 0.1) is 0 Å². The maximum Gasteiger partial charge on any atom is 0.288 e. The predicted octanol–water partition coefficient (Wildman–Crippen LogP) is 1.10. The molecule has 29 heavy (non-hydrogen) atoms. The van der Waals surface area contributed by atoms with Crippen LogP contribution in [0.1, 0.15) is 12.7 Å². The summed E-state index contributed by atoms with van der Waals surface area (Å²) >= 11 is 0. The molecular weight excluding hydrogens is 394 g/mol. The maximum atomic E-state index is 13.1. The van der Waals surface area contributed by atoms with Crippen molar-refractivity contribution >= 4 is 21.2 Å². The summed E-state index contributed by atoms with van der Waals surface area (Å²) in [6.07, 6.45) is 2.06. The van der Waals surface area contributed by atoms with Gasteiger partial charge in [-0.1, -0.05) is 6.92 Å². The summed E-state index contributed by atoms with van der Waals surface area (Å²) in [5.41, 5.74) is 0.905. The van der Waals surface area contributed by atoms with E-state index in [1.165, 1.54) is 16.6 Å². The minimum absolute atomic E-state index is 0.114. The van der Waals surface area contributed by atoms with Gasteiger partial charge in [0.15, 0.2) is 0 Å². The smallest absolute Gasteiger partial charge is 0.288 e. The number of nitrogens with zero attached hydrogens (tertiary/aromatic N) is 4. The van der Waals surface area contributed by atoms with Crippen LogP contribution in [0.4, 0.5) is 5.69 Å². The van der Waals surface area contributed by atoms with Crippen LogP contribution in [0.5, 0.6) is 5.75 Å². The number of hydrogen-bond acceptors (Lipinski definition) is 6. The third-order valence-corrected chi connectivity index (χ3v) is 7.09. The molecule has 1 aliphatic heterocycles. The molecule has 4 rings (SSSR count). The highest BCUT2D eigenvalue weighted by Crippen LogP contribution is 2.24. The normalized spacial score (nSPS) is 15.7. The first-order valence-electron chi connectivity index (χ1n) is 9.43. The number of aromatic nitrogens is 3. The fourth-order valence-corrected chi connectivity index (χ4v) is 5.01. The van der Waals surface area contributed by atoms with Crippen LogP contribution < -0.4 is 15.2 Å². The lowest BCUT2D eigenvalue weighted by Gasteiger charge is -2.35. The highest BCUT2D eigenvalue weighted by Gasteiger charge is 2.30. The number of aromatic amines is 1. The van der Waals surface area contributed by atoms with E-state index in [1.807, 2.05) is 31.2 Å². The Kier molecular flexibility index (Phi) is 5.05. The maximum absolute atomic E-state index is 13.1. The molecule has 0 saturated carbocycles. The van der Waals surface area contributed by atoms with Crippen molar-refractivity contribution in [2.75, 3.05) is 38.2 Å². The van der Waals surface area contributed by atoms with E-state index in [1.54, 1.807) is 11.5 Å². The molecule has 3 heterocycles. The van der Waals surface area contributed by atoms with E-state index < -0.39 is 15.6 Å². The summed E-state index contributed by atoms with van der Waals surface area (Å²) in [5.74, 6) is 1.39. The number of nitrogens with one attached hydrogen (secondary N) is 1. The van der Waals surface area contributed by atoms with E-state index >= 15 is 0 Å². The fourth-order valence-electron chi connectivity index (χ4n) is 3.57. The molecule has 2 aromatic heterocycles. The van der Waals surface area contributed by atoms with Gasteiger partial charge in [0, 0.05) is 44.5 Å². The monoisotopic (exact) mass is 417 g/mol. The lowest BCUT2D eigenvalue weighted by Crippen LogP contribution is -2.48. The first kappa shape index (κ1) is 19.5. The quantitative estimate of drug-likeness (QED) is 0.667. The first-order valence-corrected chi connectivity index (χ1v) is 10.9. The van der Waals surface area contributed by atoms with Gasteiger partial charge in [-0.25, -0.2) is 13.5 Å². The van der Waals surface area contributed by atoms with Crippen molar-refractivity contribution in [2.24, 2.45) is 0 Å². The zero-order valence-corrected chi connectivity index (χ0v) is 17.1. The summed E-state index contributed by atoms with van der Waals surface area (Å²) in [4.78, 5) is 14.3. The summed E-state index contributed by atoms with van der Waals surface area (Å²) in [6.45, 7) is 3.81. The van der Waals surface area contributed by atoms with Crippen LogP contribution in [0.3, 0.4) is 0 Å². The zero-order valence-electron chi connectivity index (χ0n) is 16.3. The largest absolute Gasteiger partial charge is 0.497 e. The van der Waals surface area contributed by atoms with E-state index in [-0.39, 0.29) is 10.4 Å². The van der Waals surface area contributed by atoms with Crippen LogP contribution in [0.2, 0.25) is 0 Å². The van der Waals surface area contributed by atoms with Gasteiger partial charge in [0.25, 0.3) is 5.56 Å². The SMILES string of the molecule is CCc1n[nH]c(=O)c2cc(S(=O)(=O)N3CCN(c4ccc(OC)cc4)CC3)cn12. The topological polar surface area (TPSA) is 100 Å². The highest BCUT2D eigenvalue weighted by atomic mass is 32.2. The van der Waals surface area contributed by atoms with E-state index in [4.69, 9.17) is 4.74 Å². The highest BCUT2D eigenvalue weighted by molar-refractivity contribution is 7.89. The Labute approximate surface area is 168 Å². The summed E-state index contributed by atoms with van der Waals surface area (Å²) in [6, 6.07) is 9.14. The molecule has 1 aromatic carbocycles. The van der Waals surface area contributed by atoms with Gasteiger partial charge < -0.3 is 9.64 Å². The Morgan fingerprint density at radius 1 is 1.14 bits per heavy atom. The second kappa shape index (κ2) is 7.53. The molecule has 0 amide bonds. The number of ether oxygens (including phenoxy) is 1. The Hall–Kier alpha value is -2.85. The average Bonchev–Trinajstić information content (AvgIpc) is 3.22. The fraction of sp³-hybridized carbons (Fsp3) is 0.368. The molecule has 10 heteroatoms. The molecule has 9 nitrogen and oxygen atoms in total. The molecule has 0 bridgehead atoms. The van der Waals surface area contributed by atoms with E-state index in [0.29, 0.717) is 38.4 Å². The molecule has 0 unspecified atom stereocenters. The standard InChI is InChI=1S/C19H23N5O4S/c1-3-18-20-21-19(25)17-12-16(13-24(17)18)29(26,27)23-10-8-22(9-11-23)14-4-6-15(28-2)7-5-14/h4-7,12-13H,3,8-11H2,1-2H3,(H,21,25). The van der Waals surface area contributed by atoms with Crippen LogP contribution in [-0.4, -0.2) is 60.6 Å². The molecule has 1 saturated heterocycles. The van der Waals surface area contributed by atoms with Crippen molar-refractivity contribution in [3.8, 4) is 5.75 Å². The van der Waals surface area contributed by atoms with Crippen LogP contribution in [-0.2, 0) is 16.4 Å². The number of anilines is 1. The van der Waals surface area contributed by atoms with E-state index in [9.17, 15) is 13.2 Å². The van der Waals surface area contributed by atoms with Gasteiger partial charge in [-0.2, -0.15) is 9.40 Å². The average molecular weight is 417 g/mol.